The van der Waals surface area contributed by atoms with Crippen molar-refractivity contribution < 1.29 is 5.11 Å². The number of rotatable bonds is 6. The van der Waals surface area contributed by atoms with E-state index in [1.165, 1.54) is 5.56 Å². The number of aromatic nitrogens is 5. The molecule has 132 valence electrons. The van der Waals surface area contributed by atoms with Crippen molar-refractivity contribution in [2.45, 2.75) is 51.8 Å². The molecule has 2 aromatic heterocycles. The van der Waals surface area contributed by atoms with E-state index in [0.29, 0.717) is 18.9 Å². The van der Waals surface area contributed by atoms with Crippen molar-refractivity contribution in [3.8, 4) is 0 Å². The van der Waals surface area contributed by atoms with E-state index in [0.717, 1.165) is 38.3 Å². The molecule has 0 spiro atoms. The molecule has 0 aliphatic carbocycles. The van der Waals surface area contributed by atoms with Crippen LogP contribution in [0.2, 0.25) is 0 Å². The molecular weight excluding hydrogens is 304 g/mol. The smallest absolute Gasteiger partial charge is 0.135 e. The highest BCUT2D eigenvalue weighted by atomic mass is 16.3. The first kappa shape index (κ1) is 17.1. The lowest BCUT2D eigenvalue weighted by atomic mass is 9.89. The van der Waals surface area contributed by atoms with Gasteiger partial charge in [0.05, 0.1) is 11.8 Å². The summed E-state index contributed by atoms with van der Waals surface area (Å²) in [6.45, 7) is 7.83. The highest BCUT2D eigenvalue weighted by molar-refractivity contribution is 5.05. The van der Waals surface area contributed by atoms with Gasteiger partial charge >= 0.3 is 0 Å². The molecule has 7 nitrogen and oxygen atoms in total. The van der Waals surface area contributed by atoms with Crippen LogP contribution in [0, 0.1) is 5.92 Å². The van der Waals surface area contributed by atoms with Crippen molar-refractivity contribution >= 4 is 0 Å². The molecule has 2 aromatic rings. The standard InChI is InChI=1S/C17H28N6O/c1-14(2)9-23-11-15(8-19-23)10-22-6-4-5-17(24,12-22)7-16-20-18-13-21(16)3/h8,11,13-14,24H,4-7,9-10,12H2,1-3H3. The van der Waals surface area contributed by atoms with E-state index in [1.54, 1.807) is 6.33 Å². The van der Waals surface area contributed by atoms with Crippen molar-refractivity contribution in [2.75, 3.05) is 13.1 Å². The van der Waals surface area contributed by atoms with Crippen LogP contribution in [0.1, 0.15) is 38.1 Å². The molecule has 3 rings (SSSR count). The third kappa shape index (κ3) is 4.21. The maximum atomic E-state index is 11.0. The minimum Gasteiger partial charge on any atom is -0.388 e. The zero-order chi connectivity index (χ0) is 17.2. The molecule has 0 amide bonds. The van der Waals surface area contributed by atoms with Crippen molar-refractivity contribution in [3.05, 3.63) is 30.1 Å². The van der Waals surface area contributed by atoms with Crippen LogP contribution >= 0.6 is 0 Å². The van der Waals surface area contributed by atoms with Crippen LogP contribution < -0.4 is 0 Å². The van der Waals surface area contributed by atoms with Crippen LogP contribution in [0.4, 0.5) is 0 Å². The Hall–Kier alpha value is -1.73. The predicted octanol–water partition coefficient (Wildman–Crippen LogP) is 1.24. The first-order valence-electron chi connectivity index (χ1n) is 8.72. The summed E-state index contributed by atoms with van der Waals surface area (Å²) in [5.41, 5.74) is 0.478. The second-order valence-electron chi connectivity index (χ2n) is 7.54. The average molecular weight is 332 g/mol. The largest absolute Gasteiger partial charge is 0.388 e. The average Bonchev–Trinajstić information content (AvgIpc) is 3.08. The molecule has 1 fully saturated rings. The Labute approximate surface area is 143 Å². The van der Waals surface area contributed by atoms with Gasteiger partial charge in [0.2, 0.25) is 0 Å². The van der Waals surface area contributed by atoms with E-state index >= 15 is 0 Å². The quantitative estimate of drug-likeness (QED) is 0.862. The van der Waals surface area contributed by atoms with E-state index < -0.39 is 5.60 Å². The Morgan fingerprint density at radius 1 is 1.38 bits per heavy atom. The number of aliphatic hydroxyl groups is 1. The maximum Gasteiger partial charge on any atom is 0.135 e. The third-order valence-electron chi connectivity index (χ3n) is 4.57. The van der Waals surface area contributed by atoms with Gasteiger partial charge in [0.25, 0.3) is 0 Å². The molecule has 1 aliphatic heterocycles. The van der Waals surface area contributed by atoms with Crippen molar-refractivity contribution in [1.29, 1.82) is 0 Å². The number of β-amino-alcohol motifs (C(OH)–C–C–N with tert-alkyl or cyclic N) is 1. The molecule has 1 saturated heterocycles. The second kappa shape index (κ2) is 7.03. The van der Waals surface area contributed by atoms with Crippen LogP contribution in [0.15, 0.2) is 18.7 Å². The Kier molecular flexibility index (Phi) is 5.01. The van der Waals surface area contributed by atoms with E-state index in [2.05, 4.69) is 40.2 Å². The Balaban J connectivity index is 1.60. The monoisotopic (exact) mass is 332 g/mol. The topological polar surface area (TPSA) is 72.0 Å². The number of nitrogens with zero attached hydrogens (tertiary/aromatic N) is 6. The lowest BCUT2D eigenvalue weighted by Gasteiger charge is -2.38. The van der Waals surface area contributed by atoms with Gasteiger partial charge in [-0.15, -0.1) is 10.2 Å². The zero-order valence-electron chi connectivity index (χ0n) is 14.9. The summed E-state index contributed by atoms with van der Waals surface area (Å²) in [7, 11) is 1.92. The molecule has 0 bridgehead atoms. The highest BCUT2D eigenvalue weighted by Crippen LogP contribution is 2.25. The summed E-state index contributed by atoms with van der Waals surface area (Å²) >= 11 is 0. The van der Waals surface area contributed by atoms with Gasteiger partial charge in [-0.2, -0.15) is 5.10 Å². The van der Waals surface area contributed by atoms with Crippen molar-refractivity contribution in [2.24, 2.45) is 13.0 Å². The number of likely N-dealkylation sites (tertiary alicyclic amines) is 1. The maximum absolute atomic E-state index is 11.0. The molecule has 3 heterocycles. The molecule has 1 unspecified atom stereocenters. The summed E-state index contributed by atoms with van der Waals surface area (Å²) < 4.78 is 3.89. The summed E-state index contributed by atoms with van der Waals surface area (Å²) in [5.74, 6) is 1.42. The Morgan fingerprint density at radius 2 is 2.21 bits per heavy atom. The molecular formula is C17H28N6O. The van der Waals surface area contributed by atoms with Gasteiger partial charge in [0.1, 0.15) is 12.2 Å². The van der Waals surface area contributed by atoms with Crippen LogP contribution in [0.5, 0.6) is 0 Å². The molecule has 1 N–H and O–H groups in total. The van der Waals surface area contributed by atoms with Gasteiger partial charge in [0, 0.05) is 44.9 Å². The van der Waals surface area contributed by atoms with Gasteiger partial charge in [0.15, 0.2) is 0 Å². The summed E-state index contributed by atoms with van der Waals surface area (Å²) in [6, 6.07) is 0. The van der Waals surface area contributed by atoms with Gasteiger partial charge in [-0.1, -0.05) is 13.8 Å². The van der Waals surface area contributed by atoms with Crippen LogP contribution in [0.3, 0.4) is 0 Å². The van der Waals surface area contributed by atoms with Gasteiger partial charge in [-0.3, -0.25) is 9.58 Å². The Morgan fingerprint density at radius 3 is 2.92 bits per heavy atom. The third-order valence-corrected chi connectivity index (χ3v) is 4.57. The van der Waals surface area contributed by atoms with Crippen molar-refractivity contribution in [1.82, 2.24) is 29.4 Å². The van der Waals surface area contributed by atoms with Gasteiger partial charge in [-0.25, -0.2) is 0 Å². The normalized spacial score (nSPS) is 22.4. The molecule has 24 heavy (non-hydrogen) atoms. The molecule has 0 radical (unpaired) electrons. The summed E-state index contributed by atoms with van der Waals surface area (Å²) in [5, 5.41) is 23.5. The van der Waals surface area contributed by atoms with E-state index in [4.69, 9.17) is 0 Å². The summed E-state index contributed by atoms with van der Waals surface area (Å²) in [4.78, 5) is 2.32. The van der Waals surface area contributed by atoms with Gasteiger partial charge in [-0.05, 0) is 25.3 Å². The fourth-order valence-electron chi connectivity index (χ4n) is 3.47. The molecule has 0 saturated carbocycles. The lowest BCUT2D eigenvalue weighted by molar-refractivity contribution is -0.0344. The highest BCUT2D eigenvalue weighted by Gasteiger charge is 2.34. The molecule has 1 atom stereocenters. The van der Waals surface area contributed by atoms with Crippen LogP contribution in [-0.2, 0) is 26.6 Å². The van der Waals surface area contributed by atoms with Crippen molar-refractivity contribution in [3.63, 3.8) is 0 Å². The van der Waals surface area contributed by atoms with Crippen LogP contribution in [0.25, 0.3) is 0 Å². The number of aryl methyl sites for hydroxylation is 1. The SMILES string of the molecule is CC(C)Cn1cc(CN2CCCC(O)(Cc3nncn3C)C2)cn1. The predicted molar refractivity (Wildman–Crippen MR) is 91.2 cm³/mol. The van der Waals surface area contributed by atoms with E-state index in [9.17, 15) is 5.11 Å². The number of hydrogen-bond donors (Lipinski definition) is 1. The first-order chi connectivity index (χ1) is 11.4. The van der Waals surface area contributed by atoms with Gasteiger partial charge < -0.3 is 9.67 Å². The minimum absolute atomic E-state index is 0.548. The lowest BCUT2D eigenvalue weighted by Crippen LogP contribution is -2.49. The molecule has 1 aliphatic rings. The molecule has 0 aromatic carbocycles. The fourth-order valence-corrected chi connectivity index (χ4v) is 3.47. The molecule has 7 heteroatoms. The minimum atomic E-state index is -0.729. The fraction of sp³-hybridized carbons (Fsp3) is 0.706. The second-order valence-corrected chi connectivity index (χ2v) is 7.54. The Bertz CT molecular complexity index is 664. The number of hydrogen-bond acceptors (Lipinski definition) is 5. The number of piperidine rings is 1. The van der Waals surface area contributed by atoms with E-state index in [1.807, 2.05) is 22.5 Å². The van der Waals surface area contributed by atoms with Crippen LogP contribution in [-0.4, -0.2) is 53.2 Å². The van der Waals surface area contributed by atoms with E-state index in [-0.39, 0.29) is 0 Å². The summed E-state index contributed by atoms with van der Waals surface area (Å²) in [6.07, 6.45) is 8.10. The first-order valence-corrected chi connectivity index (χ1v) is 8.72. The zero-order valence-corrected chi connectivity index (χ0v) is 14.9.